The maximum atomic E-state index is 14.9. The number of thiol groups is 2. The maximum absolute atomic E-state index is 14.9. The molecule has 0 unspecified atom stereocenters. The molecule has 4 aliphatic heterocycles. The third kappa shape index (κ3) is 27.0. The van der Waals surface area contributed by atoms with Crippen molar-refractivity contribution in [3.8, 4) is 0 Å². The minimum Gasteiger partial charge on any atom is -0.481 e. The van der Waals surface area contributed by atoms with Gasteiger partial charge in [0, 0.05) is 50.7 Å². The molecule has 0 aromatic heterocycles. The molecule has 1 aromatic rings. The van der Waals surface area contributed by atoms with Gasteiger partial charge < -0.3 is 111 Å². The summed E-state index contributed by atoms with van der Waals surface area (Å²) in [5.41, 5.74) is 17.3. The zero-order valence-electron chi connectivity index (χ0n) is 62.2. The highest BCUT2D eigenvalue weighted by atomic mass is 32.1. The quantitative estimate of drug-likeness (QED) is 0.0250. The molecule has 606 valence electrons. The van der Waals surface area contributed by atoms with Crippen LogP contribution in [0.1, 0.15) is 124 Å². The first-order chi connectivity index (χ1) is 51.8. The second-order valence-electron chi connectivity index (χ2n) is 27.6. The number of carboxylic acids is 1. The number of benzene rings is 1. The molecule has 15 atom stereocenters. The van der Waals surface area contributed by atoms with Gasteiger partial charge in [0.1, 0.15) is 72.5 Å². The third-order valence-corrected chi connectivity index (χ3v) is 20.2. The Morgan fingerprint density at radius 1 is 0.532 bits per heavy atom. The van der Waals surface area contributed by atoms with Crippen molar-refractivity contribution in [1.82, 2.24) is 78.1 Å². The van der Waals surface area contributed by atoms with Crippen LogP contribution in [0.3, 0.4) is 0 Å². The van der Waals surface area contributed by atoms with Gasteiger partial charge >= 0.3 is 5.97 Å². The lowest BCUT2D eigenvalue weighted by atomic mass is 9.96. The Bertz CT molecular complexity index is 3410. The summed E-state index contributed by atoms with van der Waals surface area (Å²) in [6.45, 7) is 4.51. The van der Waals surface area contributed by atoms with E-state index in [-0.39, 0.29) is 102 Å². The van der Waals surface area contributed by atoms with Crippen molar-refractivity contribution in [2.75, 3.05) is 77.0 Å². The normalized spacial score (nSPS) is 27.0. The number of aliphatic hydroxyl groups is 2. The Morgan fingerprint density at radius 2 is 1.02 bits per heavy atom. The Morgan fingerprint density at radius 3 is 1.58 bits per heavy atom. The highest BCUT2D eigenvalue weighted by Crippen LogP contribution is 2.28. The van der Waals surface area contributed by atoms with Gasteiger partial charge in [0.05, 0.1) is 38.8 Å². The van der Waals surface area contributed by atoms with Gasteiger partial charge in [0.15, 0.2) is 5.96 Å². The number of rotatable bonds is 20. The first kappa shape index (κ1) is 90.2. The first-order valence-corrected chi connectivity index (χ1v) is 38.1. The van der Waals surface area contributed by atoms with Crippen molar-refractivity contribution in [2.45, 2.75) is 203 Å². The van der Waals surface area contributed by atoms with E-state index in [1.54, 1.807) is 58.0 Å². The van der Waals surface area contributed by atoms with Crippen LogP contribution < -0.4 is 75.7 Å². The van der Waals surface area contributed by atoms with Crippen LogP contribution in [-0.4, -0.2) is 291 Å². The minimum absolute atomic E-state index is 0.00268. The number of guanidine groups is 1. The number of carbonyl (C=O) groups excluding carboxylic acids is 15. The van der Waals surface area contributed by atoms with Gasteiger partial charge in [-0.15, -0.1) is 0 Å². The molecule has 40 heteroatoms. The van der Waals surface area contributed by atoms with E-state index in [4.69, 9.17) is 17.2 Å². The first-order valence-electron chi connectivity index (χ1n) is 36.8. The number of amides is 15. The molecule has 4 heterocycles. The SMILES string of the molecule is CC[C@H](C)[C@@H]1NC(=O)[C@@H]2CCCN2C(=O)[C@@H]2CCCN2C(=O)[C@H]([C@@H](C)CC)NC(=O)[C@H](CO)NC(=O)CNC(=O)CN(CCCCN)C(=O)[C@H]([C@@H](C)O)NC(=O)[C@H](CS)NC(=O)[C@H](CCCN=C(N)N)NC(=O)CNC(=O)[C@H](CC(=O)O)NC(=O)[C@@H]2CCCN2C(=O)[C@H](Cc2ccccc2)NC(=O)[C@H](CS)NC1=O. The molecule has 109 heavy (non-hydrogen) atoms. The highest BCUT2D eigenvalue weighted by Gasteiger charge is 2.47. The smallest absolute Gasteiger partial charge is 0.305 e. The lowest BCUT2D eigenvalue weighted by Gasteiger charge is -2.35. The van der Waals surface area contributed by atoms with Crippen LogP contribution in [0, 0.1) is 11.8 Å². The van der Waals surface area contributed by atoms with E-state index in [0.717, 1.165) is 16.7 Å². The molecule has 0 bridgehead atoms. The lowest BCUT2D eigenvalue weighted by Crippen LogP contribution is -2.61. The molecule has 4 aliphatic rings. The van der Waals surface area contributed by atoms with E-state index in [9.17, 15) is 92.0 Å². The highest BCUT2D eigenvalue weighted by molar-refractivity contribution is 7.80. The van der Waals surface area contributed by atoms with Gasteiger partial charge in [-0.1, -0.05) is 70.9 Å². The standard InChI is InChI=1S/C69H109N19O19S2/c1-6-37(3)54-64(103)81-45(35-108)60(99)79-43(29-40-17-9-8-10-18-40)65(104)86-26-14-20-47(86)62(101)78-42(30-53(94)95)57(96)75-32-51(92)76-41(19-13-24-73-69(71)72)58(97)80-46(36-109)61(100)84-56(39(5)90)67(106)85(25-12-11-23-70)33-52(93)74-31-50(91)77-44(34-89)59(98)83-55(38(4)7-2)68(107)88-28-16-22-49(88)66(105)87-27-15-21-48(87)63(102)82-54/h8-10,17-18,37-39,41-49,54-56,89-90,108-109H,6-7,11-16,19-36,70H2,1-5H3,(H,74,93)(H,75,96)(H,76,92)(H,77,91)(H,78,101)(H,79,99)(H,80,97)(H,81,103)(H,82,102)(H,83,98)(H,84,100)(H,94,95)(H4,71,72,73)/t37-,38-,39+,41-,42-,43-,44-,45-,46-,47-,48-,49-,54-,55-,56-/m0/s1. The molecular formula is C69H109N19O19S2. The maximum Gasteiger partial charge on any atom is 0.305 e. The number of hydrogen-bond acceptors (Lipinski definition) is 22. The number of hydrogen-bond donors (Lipinski definition) is 19. The van der Waals surface area contributed by atoms with Crippen molar-refractivity contribution in [3.63, 3.8) is 0 Å². The predicted molar refractivity (Wildman–Crippen MR) is 400 cm³/mol. The average molecular weight is 1570 g/mol. The minimum atomic E-state index is -1.88. The summed E-state index contributed by atoms with van der Waals surface area (Å²) in [7, 11) is 0. The monoisotopic (exact) mass is 1570 g/mol. The second-order valence-corrected chi connectivity index (χ2v) is 28.3. The van der Waals surface area contributed by atoms with Gasteiger partial charge in [0.25, 0.3) is 0 Å². The fraction of sp³-hybridized carbons (Fsp3) is 0.667. The predicted octanol–water partition coefficient (Wildman–Crippen LogP) is -6.77. The molecule has 4 fully saturated rings. The molecule has 1 aromatic carbocycles. The number of carbonyl (C=O) groups is 16. The number of fused-ring (bicyclic) bond motifs is 3. The van der Waals surface area contributed by atoms with Crippen molar-refractivity contribution in [2.24, 2.45) is 34.0 Å². The molecule has 0 radical (unpaired) electrons. The zero-order chi connectivity index (χ0) is 80.8. The summed E-state index contributed by atoms with van der Waals surface area (Å²) < 4.78 is 0. The van der Waals surface area contributed by atoms with Crippen LogP contribution in [0.2, 0.25) is 0 Å². The largest absolute Gasteiger partial charge is 0.481 e. The van der Waals surface area contributed by atoms with Gasteiger partial charge in [0.2, 0.25) is 88.6 Å². The van der Waals surface area contributed by atoms with Crippen molar-refractivity contribution in [1.29, 1.82) is 0 Å². The van der Waals surface area contributed by atoms with Gasteiger partial charge in [-0.2, -0.15) is 25.3 Å². The fourth-order valence-corrected chi connectivity index (χ4v) is 13.5. The summed E-state index contributed by atoms with van der Waals surface area (Å²) in [5.74, 6) is -17.6. The van der Waals surface area contributed by atoms with Crippen LogP contribution in [-0.2, 0) is 83.1 Å². The van der Waals surface area contributed by atoms with E-state index in [1.165, 1.54) is 9.80 Å². The van der Waals surface area contributed by atoms with E-state index in [2.05, 4.69) is 88.7 Å². The summed E-state index contributed by atoms with van der Waals surface area (Å²) in [5, 5.41) is 58.7. The topological polar surface area (TPSA) is 570 Å². The second kappa shape index (κ2) is 44.9. The Kier molecular flexibility index (Phi) is 37.2. The lowest BCUT2D eigenvalue weighted by molar-refractivity contribution is -0.149. The van der Waals surface area contributed by atoms with Crippen molar-refractivity contribution in [3.05, 3.63) is 35.9 Å². The fourth-order valence-electron chi connectivity index (χ4n) is 13.0. The zero-order valence-corrected chi connectivity index (χ0v) is 64.0. The van der Waals surface area contributed by atoms with Crippen LogP contribution in [0.5, 0.6) is 0 Å². The Labute approximate surface area is 643 Å². The van der Waals surface area contributed by atoms with Crippen LogP contribution in [0.15, 0.2) is 35.3 Å². The van der Waals surface area contributed by atoms with Gasteiger partial charge in [-0.25, -0.2) is 0 Å². The Hall–Kier alpha value is -9.41. The van der Waals surface area contributed by atoms with Gasteiger partial charge in [-0.3, -0.25) is 81.7 Å². The summed E-state index contributed by atoms with van der Waals surface area (Å²) in [4.78, 5) is 234. The number of nitrogens with one attached hydrogen (secondary N) is 11. The molecule has 0 saturated carbocycles. The van der Waals surface area contributed by atoms with E-state index < -0.39 is 223 Å². The molecule has 20 N–H and O–H groups in total. The molecular weight excluding hydrogens is 1460 g/mol. The van der Waals surface area contributed by atoms with Crippen LogP contribution in [0.25, 0.3) is 0 Å². The average Bonchev–Trinajstić information content (AvgIpc) is 1.69. The number of aliphatic carboxylic acids is 1. The molecule has 0 aliphatic carbocycles. The number of nitrogens with zero attached hydrogens (tertiary/aromatic N) is 5. The van der Waals surface area contributed by atoms with Crippen LogP contribution in [0.4, 0.5) is 0 Å². The van der Waals surface area contributed by atoms with Crippen molar-refractivity contribution >= 4 is 126 Å². The van der Waals surface area contributed by atoms with Crippen molar-refractivity contribution < 1.29 is 92.0 Å². The van der Waals surface area contributed by atoms with Gasteiger partial charge in [-0.05, 0) is 95.1 Å². The third-order valence-electron chi connectivity index (χ3n) is 19.5. The Balaban J connectivity index is 1.50. The molecule has 38 nitrogen and oxygen atoms in total. The van der Waals surface area contributed by atoms with E-state index >= 15 is 0 Å². The summed E-state index contributed by atoms with van der Waals surface area (Å²) in [6, 6.07) is -9.18. The van der Waals surface area contributed by atoms with Crippen LogP contribution >= 0.6 is 25.3 Å². The number of aliphatic imine (C=N–C) groups is 1. The number of unbranched alkanes of at least 4 members (excludes halogenated alkanes) is 1. The van der Waals surface area contributed by atoms with E-state index in [0.29, 0.717) is 37.7 Å². The molecule has 5 rings (SSSR count). The molecule has 15 amide bonds. The summed E-state index contributed by atoms with van der Waals surface area (Å²) >= 11 is 8.63. The number of carboxylic acid groups (broad SMARTS) is 1. The number of aliphatic hydroxyl groups excluding tert-OH is 2. The molecule has 0 spiro atoms. The summed E-state index contributed by atoms with van der Waals surface area (Å²) in [6.07, 6.45) is -0.597. The molecule has 4 saturated heterocycles. The van der Waals surface area contributed by atoms with E-state index in [1.807, 2.05) is 0 Å². The number of nitrogens with two attached hydrogens (primary N) is 3.